The van der Waals surface area contributed by atoms with Gasteiger partial charge in [-0.15, -0.1) is 0 Å². The maximum atomic E-state index is 14.1. The molecule has 1 atom stereocenters. The summed E-state index contributed by atoms with van der Waals surface area (Å²) in [6.45, 7) is 6.59. The van der Waals surface area contributed by atoms with Gasteiger partial charge >= 0.3 is 0 Å². The predicted octanol–water partition coefficient (Wildman–Crippen LogP) is 2.23. The van der Waals surface area contributed by atoms with Crippen LogP contribution in [0.25, 0.3) is 5.65 Å². The van der Waals surface area contributed by atoms with Crippen molar-refractivity contribution in [3.05, 3.63) is 53.9 Å². The normalized spacial score (nSPS) is 17.3. The van der Waals surface area contributed by atoms with Gasteiger partial charge in [-0.05, 0) is 26.0 Å². The number of rotatable bonds is 3. The van der Waals surface area contributed by atoms with E-state index in [1.807, 2.05) is 6.07 Å². The molecule has 1 aliphatic heterocycles. The Morgan fingerprint density at radius 2 is 2.22 bits per heavy atom. The number of hydrogen-bond donors (Lipinski definition) is 2. The second kappa shape index (κ2) is 6.96. The Morgan fingerprint density at radius 1 is 1.37 bits per heavy atom. The SMILES string of the molecule is Cc1cn2cc(NC(=O)c3ccc(N4CCNC(C)C4)nc3)cc(F)c2n1. The number of nitrogens with zero attached hydrogens (tertiary/aromatic N) is 4. The van der Waals surface area contributed by atoms with Gasteiger partial charge in [-0.2, -0.15) is 0 Å². The van der Waals surface area contributed by atoms with Gasteiger partial charge in [0.25, 0.3) is 5.91 Å². The van der Waals surface area contributed by atoms with Crippen molar-refractivity contribution >= 4 is 23.1 Å². The van der Waals surface area contributed by atoms with Crippen molar-refractivity contribution in [1.29, 1.82) is 0 Å². The molecule has 1 saturated heterocycles. The number of anilines is 2. The minimum atomic E-state index is -0.484. The maximum Gasteiger partial charge on any atom is 0.257 e. The molecule has 1 amide bonds. The number of aryl methyl sites for hydroxylation is 1. The van der Waals surface area contributed by atoms with Crippen molar-refractivity contribution in [3.63, 3.8) is 0 Å². The van der Waals surface area contributed by atoms with Gasteiger partial charge in [-0.3, -0.25) is 4.79 Å². The van der Waals surface area contributed by atoms with Crippen molar-refractivity contribution in [3.8, 4) is 0 Å². The number of hydrogen-bond acceptors (Lipinski definition) is 5. The maximum absolute atomic E-state index is 14.1. The van der Waals surface area contributed by atoms with Crippen LogP contribution >= 0.6 is 0 Å². The number of carbonyl (C=O) groups excluding carboxylic acids is 1. The summed E-state index contributed by atoms with van der Waals surface area (Å²) in [5, 5.41) is 6.10. The highest BCUT2D eigenvalue weighted by Crippen LogP contribution is 2.18. The van der Waals surface area contributed by atoms with Crippen molar-refractivity contribution in [2.24, 2.45) is 0 Å². The summed E-state index contributed by atoms with van der Waals surface area (Å²) in [6, 6.07) is 5.25. The number of nitrogens with one attached hydrogen (secondary N) is 2. The Hall–Kier alpha value is -3.00. The van der Waals surface area contributed by atoms with E-state index in [-0.39, 0.29) is 11.6 Å². The number of imidazole rings is 1. The van der Waals surface area contributed by atoms with E-state index in [0.29, 0.717) is 23.0 Å². The molecule has 0 aromatic carbocycles. The Kier molecular flexibility index (Phi) is 4.49. The van der Waals surface area contributed by atoms with E-state index in [2.05, 4.69) is 32.4 Å². The van der Waals surface area contributed by atoms with Crippen LogP contribution in [0.4, 0.5) is 15.9 Å². The topological polar surface area (TPSA) is 74.6 Å². The summed E-state index contributed by atoms with van der Waals surface area (Å²) >= 11 is 0. The molecule has 7 nitrogen and oxygen atoms in total. The summed E-state index contributed by atoms with van der Waals surface area (Å²) in [7, 11) is 0. The van der Waals surface area contributed by atoms with Crippen LogP contribution in [0.3, 0.4) is 0 Å². The molecule has 2 N–H and O–H groups in total. The standard InChI is InChI=1S/C19H21FN6O/c1-12-9-25(6-5-21-12)17-4-3-14(8-22-17)19(27)24-15-7-16(20)18-23-13(2)10-26(18)11-15/h3-4,7-8,10-12,21H,5-6,9H2,1-2H3,(H,24,27). The predicted molar refractivity (Wildman–Crippen MR) is 102 cm³/mol. The van der Waals surface area contributed by atoms with Gasteiger partial charge in [0.2, 0.25) is 0 Å². The average molecular weight is 368 g/mol. The molecule has 0 saturated carbocycles. The third-order valence-corrected chi connectivity index (χ3v) is 4.59. The number of carbonyl (C=O) groups is 1. The fraction of sp³-hybridized carbons (Fsp3) is 0.316. The molecular formula is C19H21FN6O. The number of pyridine rings is 2. The Morgan fingerprint density at radius 3 is 2.96 bits per heavy atom. The molecule has 0 bridgehead atoms. The summed E-state index contributed by atoms with van der Waals surface area (Å²) in [5.74, 6) is 0.0294. The smallest absolute Gasteiger partial charge is 0.257 e. The molecule has 0 spiro atoms. The second-order valence-corrected chi connectivity index (χ2v) is 6.85. The van der Waals surface area contributed by atoms with Crippen LogP contribution in [0.15, 0.2) is 36.8 Å². The van der Waals surface area contributed by atoms with E-state index in [1.165, 1.54) is 6.07 Å². The average Bonchev–Trinajstić information content (AvgIpc) is 3.03. The molecule has 3 aromatic heterocycles. The minimum Gasteiger partial charge on any atom is -0.354 e. The lowest BCUT2D eigenvalue weighted by Crippen LogP contribution is -2.49. The summed E-state index contributed by atoms with van der Waals surface area (Å²) < 4.78 is 15.7. The first kappa shape index (κ1) is 17.4. The Balaban J connectivity index is 1.49. The van der Waals surface area contributed by atoms with Gasteiger partial charge in [0.05, 0.1) is 16.9 Å². The van der Waals surface area contributed by atoms with Gasteiger partial charge in [-0.1, -0.05) is 0 Å². The zero-order valence-corrected chi connectivity index (χ0v) is 15.2. The van der Waals surface area contributed by atoms with Gasteiger partial charge < -0.3 is 19.9 Å². The van der Waals surface area contributed by atoms with E-state index in [0.717, 1.165) is 25.5 Å². The van der Waals surface area contributed by atoms with E-state index in [9.17, 15) is 9.18 Å². The first-order valence-corrected chi connectivity index (χ1v) is 8.90. The molecule has 0 radical (unpaired) electrons. The molecule has 140 valence electrons. The van der Waals surface area contributed by atoms with Crippen LogP contribution in [0.1, 0.15) is 23.0 Å². The first-order valence-electron chi connectivity index (χ1n) is 8.90. The molecule has 4 rings (SSSR count). The molecule has 0 aliphatic carbocycles. The molecule has 1 fully saturated rings. The largest absolute Gasteiger partial charge is 0.354 e. The lowest BCUT2D eigenvalue weighted by atomic mass is 10.2. The van der Waals surface area contributed by atoms with E-state index in [4.69, 9.17) is 0 Å². The van der Waals surface area contributed by atoms with Crippen LogP contribution < -0.4 is 15.5 Å². The van der Waals surface area contributed by atoms with Crippen LogP contribution in [0.2, 0.25) is 0 Å². The van der Waals surface area contributed by atoms with Gasteiger partial charge in [0, 0.05) is 50.3 Å². The highest BCUT2D eigenvalue weighted by atomic mass is 19.1. The van der Waals surface area contributed by atoms with Crippen LogP contribution in [0, 0.1) is 12.7 Å². The zero-order chi connectivity index (χ0) is 19.0. The van der Waals surface area contributed by atoms with Crippen LogP contribution in [-0.4, -0.2) is 46.0 Å². The van der Waals surface area contributed by atoms with Crippen molar-refractivity contribution in [2.75, 3.05) is 29.9 Å². The van der Waals surface area contributed by atoms with E-state index >= 15 is 0 Å². The third-order valence-electron chi connectivity index (χ3n) is 4.59. The number of aromatic nitrogens is 3. The third kappa shape index (κ3) is 3.61. The fourth-order valence-electron chi connectivity index (χ4n) is 3.30. The molecule has 1 aliphatic rings. The first-order chi connectivity index (χ1) is 13.0. The van der Waals surface area contributed by atoms with Gasteiger partial charge in [0.1, 0.15) is 5.82 Å². The zero-order valence-electron chi connectivity index (χ0n) is 15.2. The molecule has 27 heavy (non-hydrogen) atoms. The molecule has 8 heteroatoms. The highest BCUT2D eigenvalue weighted by molar-refractivity contribution is 6.04. The van der Waals surface area contributed by atoms with Gasteiger partial charge in [-0.25, -0.2) is 14.4 Å². The Labute approximate surface area is 156 Å². The number of halogens is 1. The lowest BCUT2D eigenvalue weighted by molar-refractivity contribution is 0.102. The number of amides is 1. The summed E-state index contributed by atoms with van der Waals surface area (Å²) in [4.78, 5) is 23.2. The van der Waals surface area contributed by atoms with Crippen LogP contribution in [-0.2, 0) is 0 Å². The molecule has 1 unspecified atom stereocenters. The molecule has 3 aromatic rings. The minimum absolute atomic E-state index is 0.238. The van der Waals surface area contributed by atoms with Crippen molar-refractivity contribution < 1.29 is 9.18 Å². The van der Waals surface area contributed by atoms with Crippen molar-refractivity contribution in [2.45, 2.75) is 19.9 Å². The Bertz CT molecular complexity index is 984. The van der Waals surface area contributed by atoms with Gasteiger partial charge in [0.15, 0.2) is 11.5 Å². The summed E-state index contributed by atoms with van der Waals surface area (Å²) in [6.07, 6.45) is 4.90. The highest BCUT2D eigenvalue weighted by Gasteiger charge is 2.17. The monoisotopic (exact) mass is 368 g/mol. The fourth-order valence-corrected chi connectivity index (χ4v) is 3.30. The van der Waals surface area contributed by atoms with E-state index < -0.39 is 5.82 Å². The summed E-state index contributed by atoms with van der Waals surface area (Å²) in [5.41, 5.74) is 1.73. The number of piperazine rings is 1. The van der Waals surface area contributed by atoms with Crippen LogP contribution in [0.5, 0.6) is 0 Å². The molecular weight excluding hydrogens is 347 g/mol. The molecule has 4 heterocycles. The number of fused-ring (bicyclic) bond motifs is 1. The second-order valence-electron chi connectivity index (χ2n) is 6.85. The van der Waals surface area contributed by atoms with Crippen molar-refractivity contribution in [1.82, 2.24) is 19.7 Å². The van der Waals surface area contributed by atoms with E-state index in [1.54, 1.807) is 36.0 Å². The lowest BCUT2D eigenvalue weighted by Gasteiger charge is -2.32. The quantitative estimate of drug-likeness (QED) is 0.742.